The van der Waals surface area contributed by atoms with Gasteiger partial charge in [0.2, 0.25) is 0 Å². The molecule has 0 aliphatic carbocycles. The zero-order valence-corrected chi connectivity index (χ0v) is 16.1. The fraction of sp³-hybridized carbons (Fsp3) is 0.333. The molecule has 0 bridgehead atoms. The Morgan fingerprint density at radius 3 is 2.93 bits per heavy atom. The van der Waals surface area contributed by atoms with E-state index >= 15 is 0 Å². The molecule has 1 aromatic heterocycles. The molecule has 4 rings (SSSR count). The molecule has 0 saturated heterocycles. The molecule has 140 valence electrons. The van der Waals surface area contributed by atoms with Crippen LogP contribution < -0.4 is 11.1 Å². The summed E-state index contributed by atoms with van der Waals surface area (Å²) in [5.74, 6) is 0.00324. The van der Waals surface area contributed by atoms with Gasteiger partial charge in [-0.25, -0.2) is 4.98 Å². The first-order valence-corrected chi connectivity index (χ1v) is 10.2. The molecular weight excluding hydrogens is 356 g/mol. The maximum absolute atomic E-state index is 12.4. The van der Waals surface area contributed by atoms with E-state index in [0.29, 0.717) is 11.7 Å². The van der Waals surface area contributed by atoms with Crippen LogP contribution in [-0.2, 0) is 13.0 Å². The van der Waals surface area contributed by atoms with Gasteiger partial charge >= 0.3 is 0 Å². The minimum atomic E-state index is 0.00324. The number of nitrogen functional groups attached to an aromatic ring is 1. The highest BCUT2D eigenvalue weighted by Crippen LogP contribution is 2.26. The van der Waals surface area contributed by atoms with Gasteiger partial charge < -0.3 is 11.1 Å². The lowest BCUT2D eigenvalue weighted by Gasteiger charge is -2.25. The van der Waals surface area contributed by atoms with Gasteiger partial charge in [-0.3, -0.25) is 9.69 Å². The molecule has 0 atom stereocenters. The van der Waals surface area contributed by atoms with Crippen molar-refractivity contribution in [1.82, 2.24) is 15.2 Å². The summed E-state index contributed by atoms with van der Waals surface area (Å²) in [6.45, 7) is 3.74. The van der Waals surface area contributed by atoms with Crippen molar-refractivity contribution in [2.45, 2.75) is 25.8 Å². The lowest BCUT2D eigenvalue weighted by Crippen LogP contribution is -2.31. The lowest BCUT2D eigenvalue weighted by atomic mass is 10.1. The second-order valence-corrected chi connectivity index (χ2v) is 8.09. The third-order valence-electron chi connectivity index (χ3n) is 5.03. The van der Waals surface area contributed by atoms with Crippen molar-refractivity contribution in [3.63, 3.8) is 0 Å². The van der Waals surface area contributed by atoms with Crippen LogP contribution in [0.25, 0.3) is 10.8 Å². The second kappa shape index (κ2) is 8.06. The number of amides is 1. The third-order valence-corrected chi connectivity index (χ3v) is 5.94. The normalized spacial score (nSPS) is 14.2. The number of hydrogen-bond donors (Lipinski definition) is 2. The first-order chi connectivity index (χ1) is 13.2. The van der Waals surface area contributed by atoms with Gasteiger partial charge in [0.25, 0.3) is 5.91 Å². The predicted octanol–water partition coefficient (Wildman–Crippen LogP) is 3.45. The summed E-state index contributed by atoms with van der Waals surface area (Å²) in [6, 6.07) is 13.9. The highest BCUT2D eigenvalue weighted by Gasteiger charge is 2.19. The Morgan fingerprint density at radius 2 is 2.04 bits per heavy atom. The van der Waals surface area contributed by atoms with Crippen molar-refractivity contribution in [2.75, 3.05) is 25.4 Å². The number of nitrogens with two attached hydrogens (primary N) is 1. The Labute approximate surface area is 163 Å². The average Bonchev–Trinajstić information content (AvgIpc) is 3.06. The Morgan fingerprint density at radius 1 is 1.19 bits per heavy atom. The molecule has 3 N–H and O–H groups in total. The van der Waals surface area contributed by atoms with Crippen molar-refractivity contribution in [1.29, 1.82) is 0 Å². The van der Waals surface area contributed by atoms with Gasteiger partial charge in [0.15, 0.2) is 5.13 Å². The number of thiazole rings is 1. The Kier molecular flexibility index (Phi) is 5.36. The summed E-state index contributed by atoms with van der Waals surface area (Å²) in [7, 11) is 0. The van der Waals surface area contributed by atoms with Gasteiger partial charge in [-0.2, -0.15) is 0 Å². The molecule has 27 heavy (non-hydrogen) atoms. The van der Waals surface area contributed by atoms with E-state index in [1.807, 2.05) is 36.4 Å². The minimum Gasteiger partial charge on any atom is -0.375 e. The molecule has 1 aliphatic heterocycles. The van der Waals surface area contributed by atoms with E-state index in [9.17, 15) is 4.79 Å². The van der Waals surface area contributed by atoms with Crippen molar-refractivity contribution in [3.8, 4) is 0 Å². The summed E-state index contributed by atoms with van der Waals surface area (Å²) in [5, 5.41) is 5.97. The average molecular weight is 381 g/mol. The number of carbonyl (C=O) groups excluding carboxylic acids is 1. The zero-order valence-electron chi connectivity index (χ0n) is 15.3. The summed E-state index contributed by atoms with van der Waals surface area (Å²) in [4.78, 5) is 20.5. The van der Waals surface area contributed by atoms with Crippen LogP contribution in [0.15, 0.2) is 42.5 Å². The number of aromatic nitrogens is 1. The van der Waals surface area contributed by atoms with E-state index in [1.54, 1.807) is 11.3 Å². The molecule has 3 aromatic rings. The van der Waals surface area contributed by atoms with Gasteiger partial charge in [-0.05, 0) is 42.3 Å². The first kappa shape index (κ1) is 17.9. The standard InChI is InChI=1S/C21H24N4OS/c22-21-24-18-9-12-25(14-19(18)27-21)11-4-3-10-23-20(26)17-8-7-15-5-1-2-6-16(15)13-17/h1-2,5-8,13H,3-4,9-12,14H2,(H2,22,24)(H,23,26). The van der Waals surface area contributed by atoms with E-state index in [0.717, 1.165) is 55.2 Å². The maximum Gasteiger partial charge on any atom is 0.251 e. The highest BCUT2D eigenvalue weighted by atomic mass is 32.1. The van der Waals surface area contributed by atoms with Gasteiger partial charge in [0, 0.05) is 36.5 Å². The summed E-state index contributed by atoms with van der Waals surface area (Å²) in [5.41, 5.74) is 7.70. The van der Waals surface area contributed by atoms with Crippen molar-refractivity contribution in [2.24, 2.45) is 0 Å². The molecule has 2 heterocycles. The molecule has 0 spiro atoms. The SMILES string of the molecule is Nc1nc2c(s1)CN(CCCCNC(=O)c1ccc3ccccc3c1)CC2. The van der Waals surface area contributed by atoms with E-state index in [-0.39, 0.29) is 5.91 Å². The van der Waals surface area contributed by atoms with Crippen LogP contribution in [0.3, 0.4) is 0 Å². The smallest absolute Gasteiger partial charge is 0.251 e. The van der Waals surface area contributed by atoms with Crippen LogP contribution >= 0.6 is 11.3 Å². The molecule has 0 unspecified atom stereocenters. The van der Waals surface area contributed by atoms with Crippen molar-refractivity contribution < 1.29 is 4.79 Å². The number of benzene rings is 2. The molecule has 0 saturated carbocycles. The van der Waals surface area contributed by atoms with E-state index in [2.05, 4.69) is 21.3 Å². The molecule has 5 nitrogen and oxygen atoms in total. The van der Waals surface area contributed by atoms with Crippen LogP contribution in [0, 0.1) is 0 Å². The lowest BCUT2D eigenvalue weighted by molar-refractivity contribution is 0.0952. The van der Waals surface area contributed by atoms with Crippen LogP contribution in [0.1, 0.15) is 33.8 Å². The number of nitrogens with zero attached hydrogens (tertiary/aromatic N) is 2. The molecule has 6 heteroatoms. The zero-order chi connectivity index (χ0) is 18.6. The number of fused-ring (bicyclic) bond motifs is 2. The van der Waals surface area contributed by atoms with Gasteiger partial charge in [0.05, 0.1) is 5.69 Å². The highest BCUT2D eigenvalue weighted by molar-refractivity contribution is 7.15. The Bertz CT molecular complexity index is 952. The Balaban J connectivity index is 1.20. The molecular formula is C21H24N4OS. The van der Waals surface area contributed by atoms with Crippen LogP contribution in [0.5, 0.6) is 0 Å². The summed E-state index contributed by atoms with van der Waals surface area (Å²) < 4.78 is 0. The maximum atomic E-state index is 12.4. The topological polar surface area (TPSA) is 71.2 Å². The van der Waals surface area contributed by atoms with E-state index in [4.69, 9.17) is 5.73 Å². The largest absolute Gasteiger partial charge is 0.375 e. The van der Waals surface area contributed by atoms with E-state index < -0.39 is 0 Å². The van der Waals surface area contributed by atoms with Crippen LogP contribution in [-0.4, -0.2) is 35.4 Å². The fourth-order valence-electron chi connectivity index (χ4n) is 3.55. The number of hydrogen-bond acceptors (Lipinski definition) is 5. The van der Waals surface area contributed by atoms with Gasteiger partial charge in [-0.1, -0.05) is 30.3 Å². The monoisotopic (exact) mass is 380 g/mol. The number of nitrogens with one attached hydrogen (secondary N) is 1. The second-order valence-electron chi connectivity index (χ2n) is 6.97. The van der Waals surface area contributed by atoms with Gasteiger partial charge in [0.1, 0.15) is 0 Å². The van der Waals surface area contributed by atoms with Crippen molar-refractivity contribution >= 4 is 33.1 Å². The number of anilines is 1. The van der Waals surface area contributed by atoms with Crippen LogP contribution in [0.4, 0.5) is 5.13 Å². The molecule has 0 fully saturated rings. The fourth-order valence-corrected chi connectivity index (χ4v) is 4.48. The Hall–Kier alpha value is -2.44. The third kappa shape index (κ3) is 4.28. The van der Waals surface area contributed by atoms with Crippen LogP contribution in [0.2, 0.25) is 0 Å². The number of unbranched alkanes of at least 4 members (excludes halogenated alkanes) is 1. The molecule has 1 aliphatic rings. The molecule has 2 aromatic carbocycles. The number of carbonyl (C=O) groups is 1. The summed E-state index contributed by atoms with van der Waals surface area (Å²) >= 11 is 1.61. The summed E-state index contributed by atoms with van der Waals surface area (Å²) in [6.07, 6.45) is 3.04. The van der Waals surface area contributed by atoms with E-state index in [1.165, 1.54) is 10.6 Å². The molecule has 1 amide bonds. The number of rotatable bonds is 6. The quantitative estimate of drug-likeness (QED) is 0.643. The van der Waals surface area contributed by atoms with Crippen molar-refractivity contribution in [3.05, 3.63) is 58.6 Å². The molecule has 0 radical (unpaired) electrons. The van der Waals surface area contributed by atoms with Gasteiger partial charge in [-0.15, -0.1) is 11.3 Å². The predicted molar refractivity (Wildman–Crippen MR) is 111 cm³/mol. The first-order valence-electron chi connectivity index (χ1n) is 9.42. The minimum absolute atomic E-state index is 0.00324.